The third-order valence-corrected chi connectivity index (χ3v) is 3.29. The molecule has 0 atom stereocenters. The summed E-state index contributed by atoms with van der Waals surface area (Å²) >= 11 is 6.02. The molecule has 0 radical (unpaired) electrons. The molecule has 1 aliphatic heterocycles. The van der Waals surface area contributed by atoms with Gasteiger partial charge in [-0.05, 0) is 31.5 Å². The lowest BCUT2D eigenvalue weighted by Gasteiger charge is -2.09. The van der Waals surface area contributed by atoms with Crippen molar-refractivity contribution in [3.8, 4) is 17.4 Å². The first kappa shape index (κ1) is 13.0. The molecule has 20 heavy (non-hydrogen) atoms. The van der Waals surface area contributed by atoms with Gasteiger partial charge in [0.1, 0.15) is 6.61 Å². The highest BCUT2D eigenvalue weighted by atomic mass is 35.5. The maximum absolute atomic E-state index is 6.02. The van der Waals surface area contributed by atoms with Gasteiger partial charge in [0.25, 0.3) is 5.88 Å². The molecule has 2 heterocycles. The number of nitrogens with zero attached hydrogens (tertiary/aromatic N) is 2. The molecular formula is C14H13ClN2O3. The summed E-state index contributed by atoms with van der Waals surface area (Å²) in [4.78, 5) is 8.46. The Kier molecular flexibility index (Phi) is 3.36. The highest BCUT2D eigenvalue weighted by molar-refractivity contribution is 6.30. The minimum atomic E-state index is 0.258. The number of hydrogen-bond donors (Lipinski definition) is 0. The lowest BCUT2D eigenvalue weighted by Crippen LogP contribution is -2.02. The van der Waals surface area contributed by atoms with Crippen LogP contribution in [0.4, 0.5) is 0 Å². The number of benzene rings is 1. The largest absolute Gasteiger partial charge is 0.471 e. The van der Waals surface area contributed by atoms with Crippen LogP contribution in [0.5, 0.6) is 17.4 Å². The molecule has 0 N–H and O–H groups in total. The lowest BCUT2D eigenvalue weighted by molar-refractivity contribution is 0.174. The zero-order chi connectivity index (χ0) is 14.1. The smallest absolute Gasteiger partial charge is 0.252 e. The van der Waals surface area contributed by atoms with E-state index in [1.807, 2.05) is 32.0 Å². The van der Waals surface area contributed by atoms with E-state index in [0.29, 0.717) is 12.5 Å². The van der Waals surface area contributed by atoms with Crippen LogP contribution in [-0.4, -0.2) is 16.8 Å². The molecule has 0 fully saturated rings. The van der Waals surface area contributed by atoms with E-state index in [1.165, 1.54) is 0 Å². The van der Waals surface area contributed by atoms with E-state index in [0.717, 1.165) is 28.5 Å². The van der Waals surface area contributed by atoms with Crippen LogP contribution >= 0.6 is 11.6 Å². The number of ether oxygens (including phenoxy) is 3. The predicted octanol–water partition coefficient (Wildman–Crippen LogP) is 3.05. The molecule has 5 nitrogen and oxygen atoms in total. The van der Waals surface area contributed by atoms with Crippen LogP contribution in [0, 0.1) is 13.8 Å². The van der Waals surface area contributed by atoms with Crippen molar-refractivity contribution in [1.82, 2.24) is 9.97 Å². The summed E-state index contributed by atoms with van der Waals surface area (Å²) in [5.41, 5.74) is 2.55. The zero-order valence-corrected chi connectivity index (χ0v) is 11.9. The van der Waals surface area contributed by atoms with Crippen molar-refractivity contribution in [2.45, 2.75) is 20.5 Å². The molecular weight excluding hydrogens is 280 g/mol. The Morgan fingerprint density at radius 2 is 1.90 bits per heavy atom. The molecule has 0 saturated heterocycles. The molecule has 0 spiro atoms. The van der Waals surface area contributed by atoms with E-state index in [9.17, 15) is 0 Å². The van der Waals surface area contributed by atoms with Gasteiger partial charge in [-0.2, -0.15) is 0 Å². The summed E-state index contributed by atoms with van der Waals surface area (Å²) in [6, 6.07) is 5.65. The van der Waals surface area contributed by atoms with E-state index < -0.39 is 0 Å². The fourth-order valence-corrected chi connectivity index (χ4v) is 2.05. The molecule has 1 aromatic heterocycles. The van der Waals surface area contributed by atoms with E-state index in [-0.39, 0.29) is 11.9 Å². The Balaban J connectivity index is 1.75. The van der Waals surface area contributed by atoms with E-state index in [1.54, 1.807) is 0 Å². The summed E-state index contributed by atoms with van der Waals surface area (Å²) in [5, 5.41) is 0.272. The maximum Gasteiger partial charge on any atom is 0.252 e. The molecule has 1 aromatic carbocycles. The Morgan fingerprint density at radius 3 is 2.75 bits per heavy atom. The fraction of sp³-hybridized carbons (Fsp3) is 0.286. The van der Waals surface area contributed by atoms with Gasteiger partial charge in [0, 0.05) is 0 Å². The second-order valence-corrected chi connectivity index (χ2v) is 4.82. The van der Waals surface area contributed by atoms with E-state index in [2.05, 4.69) is 9.97 Å². The van der Waals surface area contributed by atoms with Crippen molar-refractivity contribution < 1.29 is 14.2 Å². The van der Waals surface area contributed by atoms with Crippen molar-refractivity contribution in [2.24, 2.45) is 0 Å². The van der Waals surface area contributed by atoms with Crippen molar-refractivity contribution in [3.63, 3.8) is 0 Å². The van der Waals surface area contributed by atoms with Crippen LogP contribution in [0.1, 0.15) is 17.0 Å². The third kappa shape index (κ3) is 2.49. The zero-order valence-electron chi connectivity index (χ0n) is 11.1. The monoisotopic (exact) mass is 292 g/mol. The quantitative estimate of drug-likeness (QED) is 0.870. The number of halogens is 1. The minimum Gasteiger partial charge on any atom is -0.471 e. The van der Waals surface area contributed by atoms with E-state index >= 15 is 0 Å². The van der Waals surface area contributed by atoms with Gasteiger partial charge < -0.3 is 14.2 Å². The molecule has 0 unspecified atom stereocenters. The summed E-state index contributed by atoms with van der Waals surface area (Å²) in [6.07, 6.45) is 0. The third-order valence-electron chi connectivity index (χ3n) is 3.05. The Morgan fingerprint density at radius 1 is 1.15 bits per heavy atom. The second-order valence-electron chi connectivity index (χ2n) is 4.47. The van der Waals surface area contributed by atoms with Crippen LogP contribution in [0.2, 0.25) is 5.15 Å². The molecule has 1 aliphatic rings. The molecule has 0 bridgehead atoms. The minimum absolute atomic E-state index is 0.258. The molecule has 0 aliphatic carbocycles. The van der Waals surface area contributed by atoms with Crippen LogP contribution in [0.25, 0.3) is 0 Å². The second kappa shape index (κ2) is 5.17. The van der Waals surface area contributed by atoms with Gasteiger partial charge in [0.2, 0.25) is 6.79 Å². The van der Waals surface area contributed by atoms with Crippen LogP contribution in [-0.2, 0) is 6.61 Å². The Bertz CT molecular complexity index is 661. The first-order valence-corrected chi connectivity index (χ1v) is 6.53. The molecule has 0 amide bonds. The normalized spacial score (nSPS) is 12.6. The van der Waals surface area contributed by atoms with Crippen molar-refractivity contribution in [1.29, 1.82) is 0 Å². The predicted molar refractivity (Wildman–Crippen MR) is 73.4 cm³/mol. The average Bonchev–Trinajstić information content (AvgIpc) is 2.89. The van der Waals surface area contributed by atoms with Gasteiger partial charge in [0.15, 0.2) is 16.7 Å². The van der Waals surface area contributed by atoms with Crippen molar-refractivity contribution in [3.05, 3.63) is 40.3 Å². The average molecular weight is 293 g/mol. The summed E-state index contributed by atoms with van der Waals surface area (Å²) in [7, 11) is 0. The topological polar surface area (TPSA) is 53.5 Å². The highest BCUT2D eigenvalue weighted by Crippen LogP contribution is 2.33. The SMILES string of the molecule is Cc1nc(Cl)c(OCc2ccc3c(c2)OCO3)nc1C. The summed E-state index contributed by atoms with van der Waals surface area (Å²) in [5.74, 6) is 1.81. The number of fused-ring (bicyclic) bond motifs is 1. The summed E-state index contributed by atoms with van der Waals surface area (Å²) < 4.78 is 16.2. The first-order chi connectivity index (χ1) is 9.63. The van der Waals surface area contributed by atoms with Gasteiger partial charge >= 0.3 is 0 Å². The number of aromatic nitrogens is 2. The van der Waals surface area contributed by atoms with Crippen molar-refractivity contribution >= 4 is 11.6 Å². The van der Waals surface area contributed by atoms with Gasteiger partial charge in [0.05, 0.1) is 11.4 Å². The van der Waals surface area contributed by atoms with Gasteiger partial charge in [-0.15, -0.1) is 0 Å². The Hall–Kier alpha value is -2.01. The van der Waals surface area contributed by atoms with Crippen LogP contribution in [0.15, 0.2) is 18.2 Å². The Labute approximate surface area is 121 Å². The highest BCUT2D eigenvalue weighted by Gasteiger charge is 2.14. The number of aryl methyl sites for hydroxylation is 2. The van der Waals surface area contributed by atoms with Gasteiger partial charge in [-0.25, -0.2) is 9.97 Å². The van der Waals surface area contributed by atoms with Gasteiger partial charge in [-0.1, -0.05) is 17.7 Å². The van der Waals surface area contributed by atoms with Crippen molar-refractivity contribution in [2.75, 3.05) is 6.79 Å². The lowest BCUT2D eigenvalue weighted by atomic mass is 10.2. The van der Waals surface area contributed by atoms with Crippen LogP contribution < -0.4 is 14.2 Å². The standard InChI is InChI=1S/C14H13ClN2O3/c1-8-9(2)17-14(13(15)16-8)18-6-10-3-4-11-12(5-10)20-7-19-11/h3-5H,6-7H2,1-2H3. The number of rotatable bonds is 3. The van der Waals surface area contributed by atoms with Crippen LogP contribution in [0.3, 0.4) is 0 Å². The molecule has 3 rings (SSSR count). The molecule has 0 saturated carbocycles. The molecule has 104 valence electrons. The molecule has 2 aromatic rings. The summed E-state index contributed by atoms with van der Waals surface area (Å²) in [6.45, 7) is 4.32. The first-order valence-electron chi connectivity index (χ1n) is 6.15. The number of hydrogen-bond acceptors (Lipinski definition) is 5. The molecule has 6 heteroatoms. The maximum atomic E-state index is 6.02. The van der Waals surface area contributed by atoms with Gasteiger partial charge in [-0.3, -0.25) is 0 Å². The van der Waals surface area contributed by atoms with E-state index in [4.69, 9.17) is 25.8 Å². The fourth-order valence-electron chi connectivity index (χ4n) is 1.83.